The van der Waals surface area contributed by atoms with Crippen LogP contribution < -0.4 is 9.47 Å². The second-order valence-electron chi connectivity index (χ2n) is 5.72. The molecule has 0 N–H and O–H groups in total. The lowest BCUT2D eigenvalue weighted by Crippen LogP contribution is -2.34. The van der Waals surface area contributed by atoms with E-state index in [-0.39, 0.29) is 4.90 Å². The van der Waals surface area contributed by atoms with Crippen molar-refractivity contribution >= 4 is 10.0 Å². The fourth-order valence-corrected chi connectivity index (χ4v) is 4.10. The molecule has 0 aromatic heterocycles. The maximum Gasteiger partial charge on any atom is 0.243 e. The van der Waals surface area contributed by atoms with Gasteiger partial charge in [0.15, 0.2) is 11.5 Å². The fraction of sp³-hybridized carbons (Fsp3) is 0.647. The van der Waals surface area contributed by atoms with E-state index >= 15 is 0 Å². The molecular formula is C17H29NO4S. The van der Waals surface area contributed by atoms with Gasteiger partial charge in [0, 0.05) is 19.2 Å². The molecule has 0 spiro atoms. The predicted octanol–water partition coefficient (Wildman–Crippen LogP) is 3.54. The zero-order valence-corrected chi connectivity index (χ0v) is 15.6. The number of sulfonamides is 1. The number of unbranched alkanes of at least 4 members (excludes halogenated alkanes) is 1. The third kappa shape index (κ3) is 5.11. The van der Waals surface area contributed by atoms with Crippen molar-refractivity contribution in [3.63, 3.8) is 0 Å². The van der Waals surface area contributed by atoms with E-state index in [1.54, 1.807) is 12.1 Å². The molecule has 0 aliphatic rings. The minimum atomic E-state index is -3.53. The summed E-state index contributed by atoms with van der Waals surface area (Å²) in [7, 11) is -0.505. The molecule has 0 aliphatic carbocycles. The van der Waals surface area contributed by atoms with Gasteiger partial charge in [-0.05, 0) is 24.5 Å². The zero-order chi connectivity index (χ0) is 17.5. The lowest BCUT2D eigenvalue weighted by atomic mass is 10.0. The van der Waals surface area contributed by atoms with Gasteiger partial charge in [0.2, 0.25) is 10.0 Å². The van der Waals surface area contributed by atoms with Crippen molar-refractivity contribution < 1.29 is 17.9 Å². The summed E-state index contributed by atoms with van der Waals surface area (Å²) in [5, 5.41) is 0. The Kier molecular flexibility index (Phi) is 7.85. The maximum atomic E-state index is 12.9. The van der Waals surface area contributed by atoms with Crippen molar-refractivity contribution in [1.82, 2.24) is 4.31 Å². The first-order valence-electron chi connectivity index (χ1n) is 8.12. The van der Waals surface area contributed by atoms with Gasteiger partial charge in [-0.25, -0.2) is 8.42 Å². The summed E-state index contributed by atoms with van der Waals surface area (Å²) in [6.07, 6.45) is 3.28. The van der Waals surface area contributed by atoms with Gasteiger partial charge in [0.1, 0.15) is 0 Å². The fourth-order valence-electron chi connectivity index (χ4n) is 2.51. The lowest BCUT2D eigenvalue weighted by Gasteiger charge is -2.24. The monoisotopic (exact) mass is 343 g/mol. The van der Waals surface area contributed by atoms with Crippen LogP contribution in [0.4, 0.5) is 0 Å². The van der Waals surface area contributed by atoms with Crippen molar-refractivity contribution in [3.05, 3.63) is 18.2 Å². The Labute approximate surface area is 140 Å². The summed E-state index contributed by atoms with van der Waals surface area (Å²) in [4.78, 5) is 0.236. The summed E-state index contributed by atoms with van der Waals surface area (Å²) >= 11 is 0. The van der Waals surface area contributed by atoms with Gasteiger partial charge >= 0.3 is 0 Å². The van der Waals surface area contributed by atoms with Crippen molar-refractivity contribution in [3.8, 4) is 11.5 Å². The number of ether oxygens (including phenoxy) is 2. The predicted molar refractivity (Wildman–Crippen MR) is 92.7 cm³/mol. The van der Waals surface area contributed by atoms with Gasteiger partial charge in [-0.15, -0.1) is 0 Å². The highest BCUT2D eigenvalue weighted by Crippen LogP contribution is 2.30. The molecule has 23 heavy (non-hydrogen) atoms. The Morgan fingerprint density at radius 1 is 1.13 bits per heavy atom. The number of benzene rings is 1. The average Bonchev–Trinajstić information content (AvgIpc) is 2.56. The molecule has 1 aromatic carbocycles. The highest BCUT2D eigenvalue weighted by Gasteiger charge is 2.25. The quantitative estimate of drug-likeness (QED) is 0.652. The number of hydrogen-bond acceptors (Lipinski definition) is 4. The maximum absolute atomic E-state index is 12.9. The number of methoxy groups -OCH3 is 2. The summed E-state index contributed by atoms with van der Waals surface area (Å²) in [5.74, 6) is 1.28. The van der Waals surface area contributed by atoms with Crippen molar-refractivity contribution in [2.45, 2.75) is 44.9 Å². The molecule has 1 atom stereocenters. The van der Waals surface area contributed by atoms with Crippen LogP contribution in [0.2, 0.25) is 0 Å². The molecule has 6 heteroatoms. The van der Waals surface area contributed by atoms with E-state index in [1.165, 1.54) is 24.6 Å². The molecule has 0 amide bonds. The summed E-state index contributed by atoms with van der Waals surface area (Å²) in [6.45, 7) is 7.10. The van der Waals surface area contributed by atoms with E-state index < -0.39 is 10.0 Å². The Balaban J connectivity index is 3.02. The molecule has 0 heterocycles. The Hall–Kier alpha value is -1.27. The first-order valence-corrected chi connectivity index (χ1v) is 9.56. The van der Waals surface area contributed by atoms with Crippen LogP contribution in [-0.2, 0) is 10.0 Å². The van der Waals surface area contributed by atoms with Gasteiger partial charge in [-0.2, -0.15) is 4.31 Å². The largest absolute Gasteiger partial charge is 0.493 e. The molecule has 132 valence electrons. The van der Waals surface area contributed by atoms with Gasteiger partial charge in [-0.3, -0.25) is 0 Å². The minimum Gasteiger partial charge on any atom is -0.493 e. The first-order chi connectivity index (χ1) is 10.9. The van der Waals surface area contributed by atoms with Crippen LogP contribution in [0, 0.1) is 5.92 Å². The van der Waals surface area contributed by atoms with E-state index in [2.05, 4.69) is 13.8 Å². The van der Waals surface area contributed by atoms with Gasteiger partial charge in [-0.1, -0.05) is 33.6 Å². The summed E-state index contributed by atoms with van der Waals surface area (Å²) in [6, 6.07) is 4.71. The second kappa shape index (κ2) is 9.13. The molecule has 1 unspecified atom stereocenters. The Bertz CT molecular complexity index is 586. The highest BCUT2D eigenvalue weighted by atomic mass is 32.2. The smallest absolute Gasteiger partial charge is 0.243 e. The van der Waals surface area contributed by atoms with Crippen LogP contribution in [0.1, 0.15) is 40.0 Å². The lowest BCUT2D eigenvalue weighted by molar-refractivity contribution is 0.346. The average molecular weight is 343 g/mol. The Morgan fingerprint density at radius 2 is 1.78 bits per heavy atom. The second-order valence-corrected chi connectivity index (χ2v) is 7.66. The van der Waals surface area contributed by atoms with E-state index in [1.807, 2.05) is 6.92 Å². The molecule has 1 aromatic rings. The molecule has 0 aliphatic heterocycles. The third-order valence-corrected chi connectivity index (χ3v) is 5.85. The van der Waals surface area contributed by atoms with Crippen molar-refractivity contribution in [2.24, 2.45) is 5.92 Å². The number of hydrogen-bond donors (Lipinski definition) is 0. The standard InChI is InChI=1S/C17H29NO4S/c1-6-8-9-14(3)13-18(7-2)23(19,20)15-10-11-16(21-4)17(12-15)22-5/h10-12,14H,6-9,13H2,1-5H3. The zero-order valence-electron chi connectivity index (χ0n) is 14.8. The molecule has 1 rings (SSSR count). The van der Waals surface area contributed by atoms with E-state index in [0.717, 1.165) is 19.3 Å². The first kappa shape index (κ1) is 19.8. The molecule has 0 bridgehead atoms. The van der Waals surface area contributed by atoms with Gasteiger partial charge in [0.25, 0.3) is 0 Å². The topological polar surface area (TPSA) is 55.8 Å². The van der Waals surface area contributed by atoms with E-state index in [0.29, 0.717) is 30.5 Å². The SMILES string of the molecule is CCCCC(C)CN(CC)S(=O)(=O)c1ccc(OC)c(OC)c1. The van der Waals surface area contributed by atoms with Gasteiger partial charge < -0.3 is 9.47 Å². The van der Waals surface area contributed by atoms with Crippen molar-refractivity contribution in [2.75, 3.05) is 27.3 Å². The summed E-state index contributed by atoms with van der Waals surface area (Å²) < 4.78 is 37.7. The normalized spacial score (nSPS) is 13.1. The molecule has 0 fully saturated rings. The number of rotatable bonds is 10. The van der Waals surface area contributed by atoms with Crippen LogP contribution in [0.25, 0.3) is 0 Å². The van der Waals surface area contributed by atoms with Crippen LogP contribution in [-0.4, -0.2) is 40.0 Å². The molecule has 5 nitrogen and oxygen atoms in total. The molecule has 0 saturated heterocycles. The highest BCUT2D eigenvalue weighted by molar-refractivity contribution is 7.89. The van der Waals surface area contributed by atoms with Crippen LogP contribution >= 0.6 is 0 Å². The van der Waals surface area contributed by atoms with Crippen LogP contribution in [0.15, 0.2) is 23.1 Å². The van der Waals surface area contributed by atoms with E-state index in [4.69, 9.17) is 9.47 Å². The summed E-state index contributed by atoms with van der Waals surface area (Å²) in [5.41, 5.74) is 0. The number of nitrogens with zero attached hydrogens (tertiary/aromatic N) is 1. The Morgan fingerprint density at radius 3 is 2.30 bits per heavy atom. The minimum absolute atomic E-state index is 0.236. The molecule has 0 saturated carbocycles. The molecular weight excluding hydrogens is 314 g/mol. The van der Waals surface area contributed by atoms with Crippen molar-refractivity contribution in [1.29, 1.82) is 0 Å². The van der Waals surface area contributed by atoms with Crippen LogP contribution in [0.5, 0.6) is 11.5 Å². The van der Waals surface area contributed by atoms with E-state index in [9.17, 15) is 8.42 Å². The molecule has 0 radical (unpaired) electrons. The van der Waals surface area contributed by atoms with Gasteiger partial charge in [0.05, 0.1) is 19.1 Å². The van der Waals surface area contributed by atoms with Crippen LogP contribution in [0.3, 0.4) is 0 Å². The third-order valence-electron chi connectivity index (χ3n) is 3.91.